The number of thiophene rings is 1. The van der Waals surface area contributed by atoms with Crippen LogP contribution in [0.2, 0.25) is 0 Å². The molecule has 2 heterocycles. The van der Waals surface area contributed by atoms with Gasteiger partial charge in [0.2, 0.25) is 0 Å². The van der Waals surface area contributed by atoms with E-state index in [1.165, 1.54) is 10.4 Å². The van der Waals surface area contributed by atoms with Gasteiger partial charge in [0.15, 0.2) is 12.4 Å². The molecule has 0 fully saturated rings. The SMILES string of the molecule is CC(C)NC(=O)C[NH+](C)[C@H](C)c1nc2sc3c(c2c(=O)[nH]1)CC[C@@H](C)C3. The van der Waals surface area contributed by atoms with Crippen molar-refractivity contribution in [3.63, 3.8) is 0 Å². The van der Waals surface area contributed by atoms with Crippen LogP contribution in [0.3, 0.4) is 0 Å². The first-order valence-electron chi connectivity index (χ1n) is 9.42. The van der Waals surface area contributed by atoms with Gasteiger partial charge in [-0.25, -0.2) is 4.98 Å². The third-order valence-corrected chi connectivity index (χ3v) is 6.37. The molecule has 2 aromatic heterocycles. The van der Waals surface area contributed by atoms with E-state index in [1.807, 2.05) is 27.8 Å². The van der Waals surface area contributed by atoms with Crippen LogP contribution in [-0.2, 0) is 17.6 Å². The third kappa shape index (κ3) is 3.83. The van der Waals surface area contributed by atoms with Gasteiger partial charge >= 0.3 is 0 Å². The van der Waals surface area contributed by atoms with Gasteiger partial charge in [-0.2, -0.15) is 0 Å². The number of fused-ring (bicyclic) bond motifs is 3. The molecule has 3 rings (SSSR count). The molecular formula is C19H29N4O2S+. The zero-order valence-electron chi connectivity index (χ0n) is 16.2. The second-order valence-corrected chi connectivity index (χ2v) is 9.03. The third-order valence-electron chi connectivity index (χ3n) is 5.22. The Morgan fingerprint density at radius 1 is 1.42 bits per heavy atom. The summed E-state index contributed by atoms with van der Waals surface area (Å²) < 4.78 is 0. The molecule has 3 atom stereocenters. The number of hydrogen-bond donors (Lipinski definition) is 3. The number of carbonyl (C=O) groups is 1. The van der Waals surface area contributed by atoms with E-state index in [-0.39, 0.29) is 23.6 Å². The highest BCUT2D eigenvalue weighted by Crippen LogP contribution is 2.35. The van der Waals surface area contributed by atoms with Crippen LogP contribution >= 0.6 is 11.3 Å². The lowest BCUT2D eigenvalue weighted by Crippen LogP contribution is -3.10. The molecule has 1 aliphatic rings. The van der Waals surface area contributed by atoms with Crippen LogP contribution in [0.15, 0.2) is 4.79 Å². The summed E-state index contributed by atoms with van der Waals surface area (Å²) in [5, 5.41) is 3.69. The van der Waals surface area contributed by atoms with Gasteiger partial charge in [0, 0.05) is 10.9 Å². The molecule has 0 bridgehead atoms. The summed E-state index contributed by atoms with van der Waals surface area (Å²) in [4.78, 5) is 35.7. The Hall–Kier alpha value is -1.73. The highest BCUT2D eigenvalue weighted by atomic mass is 32.1. The van der Waals surface area contributed by atoms with Gasteiger partial charge in [-0.15, -0.1) is 11.3 Å². The molecule has 0 spiro atoms. The number of aromatic nitrogens is 2. The molecule has 1 unspecified atom stereocenters. The van der Waals surface area contributed by atoms with Gasteiger partial charge in [0.25, 0.3) is 11.5 Å². The average molecular weight is 378 g/mol. The van der Waals surface area contributed by atoms with Gasteiger partial charge in [-0.05, 0) is 51.5 Å². The first kappa shape index (κ1) is 19.0. The normalized spacial score (nSPS) is 19.4. The van der Waals surface area contributed by atoms with E-state index < -0.39 is 0 Å². The first-order valence-corrected chi connectivity index (χ1v) is 10.2. The Kier molecular flexibility index (Phi) is 5.48. The molecule has 142 valence electrons. The van der Waals surface area contributed by atoms with Crippen LogP contribution in [0.25, 0.3) is 10.2 Å². The summed E-state index contributed by atoms with van der Waals surface area (Å²) in [6.07, 6.45) is 3.15. The van der Waals surface area contributed by atoms with Crippen molar-refractivity contribution >= 4 is 27.5 Å². The van der Waals surface area contributed by atoms with E-state index in [4.69, 9.17) is 4.98 Å². The second kappa shape index (κ2) is 7.48. The molecular weight excluding hydrogens is 348 g/mol. The van der Waals surface area contributed by atoms with Crippen LogP contribution in [0.4, 0.5) is 0 Å². The number of likely N-dealkylation sites (N-methyl/N-ethyl adjacent to an activating group) is 1. The van der Waals surface area contributed by atoms with Crippen molar-refractivity contribution in [2.24, 2.45) is 5.92 Å². The van der Waals surface area contributed by atoms with E-state index in [0.717, 1.165) is 34.4 Å². The molecule has 0 aliphatic heterocycles. The fraction of sp³-hybridized carbons (Fsp3) is 0.632. The predicted octanol–water partition coefficient (Wildman–Crippen LogP) is 1.21. The molecule has 0 aromatic carbocycles. The quantitative estimate of drug-likeness (QED) is 0.733. The maximum atomic E-state index is 12.7. The van der Waals surface area contributed by atoms with Gasteiger partial charge in [0.05, 0.1) is 12.4 Å². The molecule has 3 N–H and O–H groups in total. The number of hydrogen-bond acceptors (Lipinski definition) is 4. The van der Waals surface area contributed by atoms with Crippen molar-refractivity contribution in [1.82, 2.24) is 15.3 Å². The number of nitrogens with zero attached hydrogens (tertiary/aromatic N) is 1. The molecule has 0 saturated heterocycles. The molecule has 0 saturated carbocycles. The smallest absolute Gasteiger partial charge is 0.275 e. The molecule has 26 heavy (non-hydrogen) atoms. The fourth-order valence-corrected chi connectivity index (χ4v) is 4.97. The lowest BCUT2D eigenvalue weighted by molar-refractivity contribution is -0.903. The minimum Gasteiger partial charge on any atom is -0.349 e. The Bertz CT molecular complexity index is 870. The van der Waals surface area contributed by atoms with Crippen LogP contribution in [-0.4, -0.2) is 35.5 Å². The minimum atomic E-state index is -0.0666. The number of carbonyl (C=O) groups excluding carboxylic acids is 1. The van der Waals surface area contributed by atoms with Crippen molar-refractivity contribution in [2.45, 2.75) is 59.0 Å². The summed E-state index contributed by atoms with van der Waals surface area (Å²) in [6, 6.07) is 0.0581. The second-order valence-electron chi connectivity index (χ2n) is 7.95. The van der Waals surface area contributed by atoms with E-state index in [0.29, 0.717) is 18.3 Å². The summed E-state index contributed by atoms with van der Waals surface area (Å²) in [6.45, 7) is 8.50. The molecule has 0 radical (unpaired) electrons. The number of quaternary nitrogens is 1. The number of rotatable bonds is 5. The lowest BCUT2D eigenvalue weighted by Gasteiger charge is -2.21. The molecule has 1 amide bonds. The van der Waals surface area contributed by atoms with E-state index in [1.54, 1.807) is 11.3 Å². The molecule has 7 heteroatoms. The summed E-state index contributed by atoms with van der Waals surface area (Å²) >= 11 is 1.66. The maximum Gasteiger partial charge on any atom is 0.275 e. The number of aryl methyl sites for hydroxylation is 1. The Morgan fingerprint density at radius 3 is 2.85 bits per heavy atom. The van der Waals surface area contributed by atoms with E-state index in [2.05, 4.69) is 17.2 Å². The Labute approximate surface area is 158 Å². The summed E-state index contributed by atoms with van der Waals surface area (Å²) in [7, 11) is 1.95. The Balaban J connectivity index is 1.86. The molecule has 6 nitrogen and oxygen atoms in total. The van der Waals surface area contributed by atoms with Gasteiger partial charge in [0.1, 0.15) is 10.9 Å². The van der Waals surface area contributed by atoms with Crippen molar-refractivity contribution in [3.05, 3.63) is 26.6 Å². The largest absolute Gasteiger partial charge is 0.349 e. The zero-order chi connectivity index (χ0) is 19.0. The number of H-pyrrole nitrogens is 1. The standard InChI is InChI=1S/C19H28N4O2S/c1-10(2)20-15(24)9-23(5)12(4)17-21-18(25)16-13-7-6-11(3)8-14(13)26-19(16)22-17/h10-12H,6-9H2,1-5H3,(H,20,24)(H,21,22,25)/p+1/t11-,12-/m1/s1. The van der Waals surface area contributed by atoms with E-state index in [9.17, 15) is 9.59 Å². The molecule has 1 aliphatic carbocycles. The monoisotopic (exact) mass is 377 g/mol. The van der Waals surface area contributed by atoms with Gasteiger partial charge < -0.3 is 15.2 Å². The van der Waals surface area contributed by atoms with Crippen LogP contribution in [0, 0.1) is 5.92 Å². The first-order chi connectivity index (χ1) is 12.3. The number of amides is 1. The topological polar surface area (TPSA) is 79.3 Å². The van der Waals surface area contributed by atoms with Crippen molar-refractivity contribution in [3.8, 4) is 0 Å². The average Bonchev–Trinajstić information content (AvgIpc) is 2.90. The maximum absolute atomic E-state index is 12.7. The highest BCUT2D eigenvalue weighted by Gasteiger charge is 2.26. The van der Waals surface area contributed by atoms with Crippen LogP contribution in [0.1, 0.15) is 56.4 Å². The minimum absolute atomic E-state index is 0.00773. The van der Waals surface area contributed by atoms with Crippen molar-refractivity contribution < 1.29 is 9.69 Å². The lowest BCUT2D eigenvalue weighted by atomic mass is 9.89. The van der Waals surface area contributed by atoms with Crippen molar-refractivity contribution in [2.75, 3.05) is 13.6 Å². The number of aromatic amines is 1. The van der Waals surface area contributed by atoms with Gasteiger partial charge in [-0.1, -0.05) is 6.92 Å². The van der Waals surface area contributed by atoms with Gasteiger partial charge in [-0.3, -0.25) is 9.59 Å². The van der Waals surface area contributed by atoms with Crippen LogP contribution in [0.5, 0.6) is 0 Å². The number of nitrogens with one attached hydrogen (secondary N) is 3. The Morgan fingerprint density at radius 2 is 2.15 bits per heavy atom. The van der Waals surface area contributed by atoms with E-state index >= 15 is 0 Å². The summed E-state index contributed by atoms with van der Waals surface area (Å²) in [5.74, 6) is 1.33. The zero-order valence-corrected chi connectivity index (χ0v) is 17.0. The fourth-order valence-electron chi connectivity index (χ4n) is 3.58. The van der Waals surface area contributed by atoms with Crippen molar-refractivity contribution in [1.29, 1.82) is 0 Å². The predicted molar refractivity (Wildman–Crippen MR) is 105 cm³/mol. The highest BCUT2D eigenvalue weighted by molar-refractivity contribution is 7.18. The molecule has 2 aromatic rings. The van der Waals surface area contributed by atoms with Crippen LogP contribution < -0.4 is 15.8 Å². The summed E-state index contributed by atoms with van der Waals surface area (Å²) in [5.41, 5.74) is 1.16.